The smallest absolute Gasteiger partial charge is 0.243 e. The molecule has 0 aromatic heterocycles. The van der Waals surface area contributed by atoms with Crippen molar-refractivity contribution in [2.24, 2.45) is 17.4 Å². The molecule has 5 nitrogen and oxygen atoms in total. The fourth-order valence-corrected chi connectivity index (χ4v) is 2.48. The lowest BCUT2D eigenvalue weighted by atomic mass is 9.78. The molecular formula is C13H11FN4OS. The maximum Gasteiger partial charge on any atom is 0.243 e. The van der Waals surface area contributed by atoms with Crippen LogP contribution < -0.4 is 16.8 Å². The van der Waals surface area contributed by atoms with Gasteiger partial charge in [0, 0.05) is 11.5 Å². The van der Waals surface area contributed by atoms with E-state index in [0.717, 1.165) is 0 Å². The molecule has 1 aliphatic rings. The molecule has 1 amide bonds. The third kappa shape index (κ3) is 2.21. The minimum absolute atomic E-state index is 0.0396. The minimum Gasteiger partial charge on any atom is -0.390 e. The fraction of sp³-hybridized carbons (Fsp3) is 0.154. The van der Waals surface area contributed by atoms with Crippen LogP contribution in [-0.4, -0.2) is 10.9 Å². The Kier molecular flexibility index (Phi) is 3.68. The number of nitriles is 1. The first-order valence-electron chi connectivity index (χ1n) is 5.71. The Morgan fingerprint density at radius 1 is 1.45 bits per heavy atom. The van der Waals surface area contributed by atoms with Gasteiger partial charge < -0.3 is 16.8 Å². The highest BCUT2D eigenvalue weighted by Gasteiger charge is 2.40. The zero-order valence-electron chi connectivity index (χ0n) is 10.3. The molecule has 0 saturated carbocycles. The van der Waals surface area contributed by atoms with Crippen molar-refractivity contribution in [3.8, 4) is 6.07 Å². The van der Waals surface area contributed by atoms with Crippen LogP contribution >= 0.6 is 12.2 Å². The fourth-order valence-electron chi connectivity index (χ4n) is 2.24. The molecule has 1 heterocycles. The predicted octanol–water partition coefficient (Wildman–Crippen LogP) is 0.635. The highest BCUT2D eigenvalue weighted by molar-refractivity contribution is 7.80. The molecule has 0 unspecified atom stereocenters. The molecule has 0 bridgehead atoms. The highest BCUT2D eigenvalue weighted by atomic mass is 32.1. The van der Waals surface area contributed by atoms with E-state index in [9.17, 15) is 14.4 Å². The van der Waals surface area contributed by atoms with Crippen molar-refractivity contribution in [1.29, 1.82) is 5.26 Å². The van der Waals surface area contributed by atoms with Crippen molar-refractivity contribution in [2.75, 3.05) is 0 Å². The number of carbonyl (C=O) groups excluding carboxylic acids is 1. The monoisotopic (exact) mass is 290 g/mol. The number of rotatable bonds is 2. The van der Waals surface area contributed by atoms with Crippen LogP contribution in [0.1, 0.15) is 11.5 Å². The molecular weight excluding hydrogens is 279 g/mol. The molecule has 0 fully saturated rings. The summed E-state index contributed by atoms with van der Waals surface area (Å²) in [4.78, 5) is 11.8. The Balaban J connectivity index is 2.69. The average molecular weight is 290 g/mol. The van der Waals surface area contributed by atoms with Crippen molar-refractivity contribution in [3.05, 3.63) is 47.0 Å². The van der Waals surface area contributed by atoms with Crippen LogP contribution in [0.4, 0.5) is 4.39 Å². The predicted molar refractivity (Wildman–Crippen MR) is 74.4 cm³/mol. The number of thiocarbonyl (C=S) groups is 1. The second-order valence-electron chi connectivity index (χ2n) is 4.29. The van der Waals surface area contributed by atoms with Gasteiger partial charge in [0.1, 0.15) is 22.5 Å². The highest BCUT2D eigenvalue weighted by Crippen LogP contribution is 2.36. The van der Waals surface area contributed by atoms with Crippen LogP contribution in [0.2, 0.25) is 0 Å². The molecule has 102 valence electrons. The van der Waals surface area contributed by atoms with Crippen LogP contribution in [-0.2, 0) is 4.79 Å². The number of benzene rings is 1. The third-order valence-corrected chi connectivity index (χ3v) is 3.34. The van der Waals surface area contributed by atoms with Crippen molar-refractivity contribution in [2.45, 2.75) is 5.92 Å². The van der Waals surface area contributed by atoms with E-state index in [2.05, 4.69) is 5.32 Å². The number of amides is 1. The Morgan fingerprint density at radius 2 is 2.10 bits per heavy atom. The summed E-state index contributed by atoms with van der Waals surface area (Å²) in [5.74, 6) is -3.24. The van der Waals surface area contributed by atoms with Crippen LogP contribution in [0.3, 0.4) is 0 Å². The molecule has 5 N–H and O–H groups in total. The summed E-state index contributed by atoms with van der Waals surface area (Å²) in [7, 11) is 0. The number of hydrogen-bond donors (Lipinski definition) is 3. The minimum atomic E-state index is -1.14. The number of carbonyl (C=O) groups is 1. The van der Waals surface area contributed by atoms with Crippen molar-refractivity contribution in [1.82, 2.24) is 5.32 Å². The van der Waals surface area contributed by atoms with Crippen LogP contribution in [0, 0.1) is 23.1 Å². The van der Waals surface area contributed by atoms with Gasteiger partial charge in [-0.2, -0.15) is 5.26 Å². The third-order valence-electron chi connectivity index (χ3n) is 3.12. The van der Waals surface area contributed by atoms with Gasteiger partial charge in [0.15, 0.2) is 0 Å². The topological polar surface area (TPSA) is 105 Å². The summed E-state index contributed by atoms with van der Waals surface area (Å²) in [6, 6.07) is 7.69. The summed E-state index contributed by atoms with van der Waals surface area (Å²) >= 11 is 4.91. The number of nitrogens with two attached hydrogens (primary N) is 2. The quantitative estimate of drug-likeness (QED) is 0.693. The SMILES string of the molecule is N#C[C@H]1C(=O)NC(N)=C(C(N)=S)[C@@H]1c1ccccc1F. The molecule has 1 aliphatic heterocycles. The summed E-state index contributed by atoms with van der Waals surface area (Å²) in [6.07, 6.45) is 0. The lowest BCUT2D eigenvalue weighted by Crippen LogP contribution is -2.45. The van der Waals surface area contributed by atoms with Gasteiger partial charge >= 0.3 is 0 Å². The van der Waals surface area contributed by atoms with Gasteiger partial charge in [-0.1, -0.05) is 30.4 Å². The molecule has 2 rings (SSSR count). The second-order valence-corrected chi connectivity index (χ2v) is 4.73. The average Bonchev–Trinajstić information content (AvgIpc) is 2.38. The van der Waals surface area contributed by atoms with Crippen LogP contribution in [0.25, 0.3) is 0 Å². The molecule has 0 aliphatic carbocycles. The second kappa shape index (κ2) is 5.27. The van der Waals surface area contributed by atoms with E-state index >= 15 is 0 Å². The maximum absolute atomic E-state index is 14.0. The van der Waals surface area contributed by atoms with E-state index in [1.54, 1.807) is 6.07 Å². The van der Waals surface area contributed by atoms with Gasteiger partial charge in [-0.3, -0.25) is 4.79 Å². The zero-order valence-corrected chi connectivity index (χ0v) is 11.1. The van der Waals surface area contributed by atoms with E-state index in [0.29, 0.717) is 0 Å². The van der Waals surface area contributed by atoms with Gasteiger partial charge in [-0.15, -0.1) is 0 Å². The molecule has 1 aromatic rings. The Labute approximate surface area is 120 Å². The first-order valence-corrected chi connectivity index (χ1v) is 6.12. The normalized spacial score (nSPS) is 22.1. The van der Waals surface area contributed by atoms with Gasteiger partial charge in [0.05, 0.1) is 6.07 Å². The number of nitrogens with zero attached hydrogens (tertiary/aromatic N) is 1. The van der Waals surface area contributed by atoms with E-state index < -0.39 is 23.6 Å². The Morgan fingerprint density at radius 3 is 2.65 bits per heavy atom. The number of hydrogen-bond acceptors (Lipinski definition) is 4. The van der Waals surface area contributed by atoms with Gasteiger partial charge in [0.2, 0.25) is 5.91 Å². The molecule has 0 radical (unpaired) electrons. The zero-order chi connectivity index (χ0) is 14.9. The summed E-state index contributed by atoms with van der Waals surface area (Å²) < 4.78 is 14.0. The number of halogens is 1. The van der Waals surface area contributed by atoms with E-state index in [1.165, 1.54) is 18.2 Å². The standard InChI is InChI=1S/C13H11FN4OS/c14-8-4-2-1-3-6(8)9-7(5-15)13(19)18-11(16)10(9)12(17)20/h1-4,7,9H,16H2,(H2,17,20)(H,18,19)/t7-,9-/m1/s1. The largest absolute Gasteiger partial charge is 0.390 e. The van der Waals surface area contributed by atoms with Crippen molar-refractivity contribution >= 4 is 23.1 Å². The molecule has 7 heteroatoms. The maximum atomic E-state index is 14.0. The first-order chi connectivity index (χ1) is 9.47. The molecule has 20 heavy (non-hydrogen) atoms. The van der Waals surface area contributed by atoms with Gasteiger partial charge in [-0.05, 0) is 11.6 Å². The van der Waals surface area contributed by atoms with Crippen molar-refractivity contribution in [3.63, 3.8) is 0 Å². The van der Waals surface area contributed by atoms with E-state index in [-0.39, 0.29) is 21.9 Å². The molecule has 0 spiro atoms. The number of nitrogens with one attached hydrogen (secondary N) is 1. The van der Waals surface area contributed by atoms with E-state index in [1.807, 2.05) is 6.07 Å². The Hall–Kier alpha value is -2.46. The summed E-state index contributed by atoms with van der Waals surface area (Å²) in [5, 5.41) is 11.5. The Bertz CT molecular complexity index is 665. The first kappa shape index (κ1) is 14.0. The lowest BCUT2D eigenvalue weighted by Gasteiger charge is -2.30. The lowest BCUT2D eigenvalue weighted by molar-refractivity contribution is -0.123. The van der Waals surface area contributed by atoms with Crippen LogP contribution in [0.15, 0.2) is 35.7 Å². The summed E-state index contributed by atoms with van der Waals surface area (Å²) in [5.41, 5.74) is 11.7. The molecule has 1 aromatic carbocycles. The van der Waals surface area contributed by atoms with Gasteiger partial charge in [0.25, 0.3) is 0 Å². The van der Waals surface area contributed by atoms with Crippen LogP contribution in [0.5, 0.6) is 0 Å². The van der Waals surface area contributed by atoms with E-state index in [4.69, 9.17) is 23.7 Å². The van der Waals surface area contributed by atoms with Crippen molar-refractivity contribution < 1.29 is 9.18 Å². The van der Waals surface area contributed by atoms with Gasteiger partial charge in [-0.25, -0.2) is 4.39 Å². The molecule has 2 atom stereocenters. The summed E-state index contributed by atoms with van der Waals surface area (Å²) in [6.45, 7) is 0. The molecule has 0 saturated heterocycles.